The molecule has 2 aliphatic rings. The van der Waals surface area contributed by atoms with Crippen LogP contribution in [0, 0.1) is 6.92 Å². The summed E-state index contributed by atoms with van der Waals surface area (Å²) in [6, 6.07) is 0. The number of aryl methyl sites for hydroxylation is 3. The molecule has 4 nitrogen and oxygen atoms in total. The highest BCUT2D eigenvalue weighted by Crippen LogP contribution is 2.40. The van der Waals surface area contributed by atoms with Gasteiger partial charge in [0, 0.05) is 18.0 Å². The van der Waals surface area contributed by atoms with E-state index in [-0.39, 0.29) is 6.10 Å². The van der Waals surface area contributed by atoms with Gasteiger partial charge in [-0.1, -0.05) is 0 Å². The summed E-state index contributed by atoms with van der Waals surface area (Å²) in [5.41, 5.74) is 1.51. The van der Waals surface area contributed by atoms with E-state index in [1.807, 2.05) is 18.3 Å². The van der Waals surface area contributed by atoms with Crippen LogP contribution in [0.25, 0.3) is 10.2 Å². The van der Waals surface area contributed by atoms with Crippen LogP contribution in [-0.4, -0.2) is 35.8 Å². The third kappa shape index (κ3) is 1.91. The number of aromatic nitrogens is 2. The fourth-order valence-corrected chi connectivity index (χ4v) is 4.62. The van der Waals surface area contributed by atoms with Gasteiger partial charge in [0.2, 0.25) is 0 Å². The molecule has 0 spiro atoms. The molecular weight excluding hydrogens is 270 g/mol. The average molecular weight is 289 g/mol. The third-order valence-corrected chi connectivity index (χ3v) is 5.38. The molecule has 2 aromatic heterocycles. The van der Waals surface area contributed by atoms with E-state index in [2.05, 4.69) is 16.8 Å². The number of ether oxygens (including phenoxy) is 1. The zero-order valence-corrected chi connectivity index (χ0v) is 12.8. The lowest BCUT2D eigenvalue weighted by Crippen LogP contribution is -2.41. The lowest BCUT2D eigenvalue weighted by atomic mass is 10.1. The average Bonchev–Trinajstić information content (AvgIpc) is 2.97. The summed E-state index contributed by atoms with van der Waals surface area (Å²) in [7, 11) is 0. The van der Waals surface area contributed by atoms with E-state index in [1.165, 1.54) is 39.9 Å². The van der Waals surface area contributed by atoms with Gasteiger partial charge in [-0.25, -0.2) is 9.97 Å². The lowest BCUT2D eigenvalue weighted by Gasteiger charge is -2.32. The van der Waals surface area contributed by atoms with Crippen molar-refractivity contribution in [2.45, 2.75) is 39.2 Å². The van der Waals surface area contributed by atoms with Crippen molar-refractivity contribution >= 4 is 27.4 Å². The van der Waals surface area contributed by atoms with Crippen LogP contribution in [0.3, 0.4) is 0 Å². The second kappa shape index (κ2) is 4.67. The topological polar surface area (TPSA) is 38.2 Å². The van der Waals surface area contributed by atoms with Crippen LogP contribution in [-0.2, 0) is 17.6 Å². The summed E-state index contributed by atoms with van der Waals surface area (Å²) in [5.74, 6) is 2.02. The maximum atomic E-state index is 5.66. The van der Waals surface area contributed by atoms with Gasteiger partial charge in [-0.2, -0.15) is 0 Å². The smallest absolute Gasteiger partial charge is 0.141 e. The van der Waals surface area contributed by atoms with E-state index in [0.29, 0.717) is 0 Å². The minimum atomic E-state index is 0.278. The number of morpholine rings is 1. The standard InChI is InChI=1S/C15H19N3OS/c1-9-8-18(6-7-19-9)14-13-11-4-3-5-12(11)20-15(13)17-10(2)16-14/h9H,3-8H2,1-2H3. The first kappa shape index (κ1) is 12.5. The summed E-state index contributed by atoms with van der Waals surface area (Å²) >= 11 is 1.87. The van der Waals surface area contributed by atoms with Crippen molar-refractivity contribution < 1.29 is 4.74 Å². The molecule has 0 saturated carbocycles. The number of fused-ring (bicyclic) bond motifs is 3. The van der Waals surface area contributed by atoms with E-state index < -0.39 is 0 Å². The van der Waals surface area contributed by atoms with Crippen molar-refractivity contribution in [3.8, 4) is 0 Å². The zero-order valence-electron chi connectivity index (χ0n) is 12.0. The molecule has 106 valence electrons. The van der Waals surface area contributed by atoms with E-state index in [9.17, 15) is 0 Å². The number of anilines is 1. The molecule has 0 N–H and O–H groups in total. The van der Waals surface area contributed by atoms with Gasteiger partial charge in [0.25, 0.3) is 0 Å². The summed E-state index contributed by atoms with van der Waals surface area (Å²) in [4.78, 5) is 14.5. The van der Waals surface area contributed by atoms with Gasteiger partial charge in [0.15, 0.2) is 0 Å². The highest BCUT2D eigenvalue weighted by molar-refractivity contribution is 7.19. The van der Waals surface area contributed by atoms with Crippen LogP contribution >= 0.6 is 11.3 Å². The van der Waals surface area contributed by atoms with E-state index >= 15 is 0 Å². The molecule has 1 saturated heterocycles. The van der Waals surface area contributed by atoms with Gasteiger partial charge in [-0.15, -0.1) is 11.3 Å². The van der Waals surface area contributed by atoms with E-state index in [4.69, 9.17) is 9.72 Å². The maximum Gasteiger partial charge on any atom is 0.141 e. The van der Waals surface area contributed by atoms with Crippen LogP contribution in [0.2, 0.25) is 0 Å². The van der Waals surface area contributed by atoms with Crippen LogP contribution in [0.5, 0.6) is 0 Å². The first-order valence-corrected chi connectivity index (χ1v) is 8.19. The molecule has 2 aromatic rings. The normalized spacial score (nSPS) is 22.5. The minimum Gasteiger partial charge on any atom is -0.375 e. The Kier molecular flexibility index (Phi) is 2.93. The second-order valence-corrected chi connectivity index (χ2v) is 6.84. The highest BCUT2D eigenvalue weighted by Gasteiger charge is 2.26. The number of nitrogens with zero attached hydrogens (tertiary/aromatic N) is 3. The zero-order chi connectivity index (χ0) is 13.7. The Labute approximate surface area is 122 Å². The first-order chi connectivity index (χ1) is 9.72. The molecule has 20 heavy (non-hydrogen) atoms. The number of hydrogen-bond acceptors (Lipinski definition) is 5. The molecule has 0 aromatic carbocycles. The minimum absolute atomic E-state index is 0.278. The van der Waals surface area contributed by atoms with Crippen LogP contribution in [0.15, 0.2) is 0 Å². The number of thiophene rings is 1. The fourth-order valence-electron chi connectivity index (χ4n) is 3.32. The van der Waals surface area contributed by atoms with Gasteiger partial charge in [-0.3, -0.25) is 0 Å². The molecule has 4 rings (SSSR count). The molecule has 3 heterocycles. The summed E-state index contributed by atoms with van der Waals surface area (Å²) in [5, 5.41) is 1.32. The molecule has 1 unspecified atom stereocenters. The van der Waals surface area contributed by atoms with E-state index in [0.717, 1.165) is 31.3 Å². The Balaban J connectivity index is 1.88. The summed E-state index contributed by atoms with van der Waals surface area (Å²) < 4.78 is 5.66. The number of rotatable bonds is 1. The van der Waals surface area contributed by atoms with Crippen molar-refractivity contribution in [2.24, 2.45) is 0 Å². The SMILES string of the molecule is Cc1nc(N2CCOC(C)C2)c2c3c(sc2n1)CCC3. The van der Waals surface area contributed by atoms with Crippen molar-refractivity contribution in [3.63, 3.8) is 0 Å². The largest absolute Gasteiger partial charge is 0.375 e. The van der Waals surface area contributed by atoms with Gasteiger partial charge in [0.1, 0.15) is 16.5 Å². The summed E-state index contributed by atoms with van der Waals surface area (Å²) in [6.07, 6.45) is 3.97. The molecule has 0 amide bonds. The monoisotopic (exact) mass is 289 g/mol. The maximum absolute atomic E-state index is 5.66. The Morgan fingerprint density at radius 2 is 2.20 bits per heavy atom. The van der Waals surface area contributed by atoms with E-state index in [1.54, 1.807) is 0 Å². The predicted octanol–water partition coefficient (Wildman–Crippen LogP) is 2.71. The molecule has 1 aliphatic carbocycles. The Morgan fingerprint density at radius 3 is 3.05 bits per heavy atom. The van der Waals surface area contributed by atoms with Crippen LogP contribution in [0.4, 0.5) is 5.82 Å². The second-order valence-electron chi connectivity index (χ2n) is 5.76. The molecule has 1 fully saturated rings. The highest BCUT2D eigenvalue weighted by atomic mass is 32.1. The fraction of sp³-hybridized carbons (Fsp3) is 0.600. The Bertz CT molecular complexity index is 667. The Hall–Kier alpha value is -1.20. The quantitative estimate of drug-likeness (QED) is 0.809. The van der Waals surface area contributed by atoms with Gasteiger partial charge in [-0.05, 0) is 38.7 Å². The van der Waals surface area contributed by atoms with Crippen molar-refractivity contribution in [1.29, 1.82) is 0 Å². The van der Waals surface area contributed by atoms with Crippen molar-refractivity contribution in [3.05, 3.63) is 16.3 Å². The molecule has 0 bridgehead atoms. The Morgan fingerprint density at radius 1 is 1.30 bits per heavy atom. The molecule has 0 radical (unpaired) electrons. The summed E-state index contributed by atoms with van der Waals surface area (Å²) in [6.45, 7) is 6.78. The molecule has 5 heteroatoms. The van der Waals surface area contributed by atoms with Gasteiger partial charge in [0.05, 0.1) is 18.1 Å². The predicted molar refractivity (Wildman–Crippen MR) is 81.8 cm³/mol. The van der Waals surface area contributed by atoms with Gasteiger partial charge >= 0.3 is 0 Å². The van der Waals surface area contributed by atoms with Gasteiger partial charge < -0.3 is 9.64 Å². The molecular formula is C15H19N3OS. The lowest BCUT2D eigenvalue weighted by molar-refractivity contribution is 0.0530. The van der Waals surface area contributed by atoms with Crippen molar-refractivity contribution in [2.75, 3.05) is 24.6 Å². The number of hydrogen-bond donors (Lipinski definition) is 0. The van der Waals surface area contributed by atoms with Crippen molar-refractivity contribution in [1.82, 2.24) is 9.97 Å². The third-order valence-electron chi connectivity index (χ3n) is 4.20. The van der Waals surface area contributed by atoms with Crippen LogP contribution < -0.4 is 4.90 Å². The molecule has 1 aliphatic heterocycles. The van der Waals surface area contributed by atoms with Crippen LogP contribution in [0.1, 0.15) is 29.6 Å². The molecule has 1 atom stereocenters. The first-order valence-electron chi connectivity index (χ1n) is 7.38.